The summed E-state index contributed by atoms with van der Waals surface area (Å²) in [5.41, 5.74) is 2.50. The molecule has 1 aliphatic rings. The van der Waals surface area contributed by atoms with E-state index in [-0.39, 0.29) is 35.5 Å². The summed E-state index contributed by atoms with van der Waals surface area (Å²) in [5, 5.41) is 10.4. The number of nitrogens with zero attached hydrogens (tertiary/aromatic N) is 2. The third kappa shape index (κ3) is 4.71. The van der Waals surface area contributed by atoms with Crippen molar-refractivity contribution >= 4 is 48.0 Å². The third-order valence-corrected chi connectivity index (χ3v) is 6.21. The first-order chi connectivity index (χ1) is 14.4. The number of rotatable bonds is 4. The topological polar surface area (TPSA) is 55.1 Å². The van der Waals surface area contributed by atoms with Crippen molar-refractivity contribution in [1.29, 1.82) is 0 Å². The molecular weight excluding hydrogens is 433 g/mol. The first-order valence-electron chi connectivity index (χ1n) is 9.94. The fourth-order valence-electron chi connectivity index (χ4n) is 4.20. The molecule has 1 heterocycles. The molecule has 0 spiro atoms. The van der Waals surface area contributed by atoms with Crippen LogP contribution in [0.15, 0.2) is 36.4 Å². The van der Waals surface area contributed by atoms with Gasteiger partial charge in [-0.3, -0.25) is 4.57 Å². The first-order valence-corrected chi connectivity index (χ1v) is 10.7. The predicted octanol–water partition coefficient (Wildman–Crippen LogP) is 6.39. The summed E-state index contributed by atoms with van der Waals surface area (Å²) >= 11 is 12.3. The van der Waals surface area contributed by atoms with Gasteiger partial charge in [0.2, 0.25) is 0 Å². The number of aromatic nitrogens is 2. The molecule has 0 aliphatic heterocycles. The van der Waals surface area contributed by atoms with E-state index in [1.807, 2.05) is 23.6 Å². The maximum absolute atomic E-state index is 13.8. The molecule has 0 radical (unpaired) electrons. The molecule has 0 atom stereocenters. The zero-order chi connectivity index (χ0) is 21.4. The number of hydrogen-bond donors (Lipinski definition) is 1. The van der Waals surface area contributed by atoms with E-state index < -0.39 is 11.8 Å². The van der Waals surface area contributed by atoms with Gasteiger partial charge in [-0.15, -0.1) is 0 Å². The van der Waals surface area contributed by atoms with Crippen molar-refractivity contribution in [1.82, 2.24) is 9.55 Å². The number of hydrogen-bond acceptors (Lipinski definition) is 2. The minimum atomic E-state index is -1.14. The molecule has 4 nitrogen and oxygen atoms in total. The molecule has 1 fully saturated rings. The van der Waals surface area contributed by atoms with Gasteiger partial charge in [-0.25, -0.2) is 14.2 Å². The fourth-order valence-corrected chi connectivity index (χ4v) is 4.55. The van der Waals surface area contributed by atoms with Gasteiger partial charge >= 0.3 is 24.8 Å². The zero-order valence-electron chi connectivity index (χ0n) is 16.5. The molecule has 1 saturated carbocycles. The molecule has 31 heavy (non-hydrogen) atoms. The number of imidazole rings is 1. The molecule has 1 N–H and O–H groups in total. The van der Waals surface area contributed by atoms with Crippen LogP contribution in [0.4, 0.5) is 4.39 Å². The number of benzene rings is 2. The Balaban J connectivity index is 0.00000272. The van der Waals surface area contributed by atoms with Crippen molar-refractivity contribution in [3.05, 3.63) is 69.3 Å². The van der Waals surface area contributed by atoms with Crippen molar-refractivity contribution in [2.75, 3.05) is 0 Å². The normalized spacial score (nSPS) is 14.3. The van der Waals surface area contributed by atoms with Crippen molar-refractivity contribution in [3.8, 4) is 16.9 Å². The molecule has 158 valence electrons. The molecule has 0 saturated heterocycles. The Hall–Kier alpha value is -1.77. The van der Waals surface area contributed by atoms with Gasteiger partial charge in [-0.1, -0.05) is 48.5 Å². The van der Waals surface area contributed by atoms with Crippen molar-refractivity contribution in [2.45, 2.75) is 44.9 Å². The molecule has 0 unspecified atom stereocenters. The molecule has 0 bridgehead atoms. The van der Waals surface area contributed by atoms with Gasteiger partial charge in [0.25, 0.3) is 0 Å². The number of carbonyl (C=O) groups is 1. The van der Waals surface area contributed by atoms with Crippen LogP contribution in [0.1, 0.15) is 59.9 Å². The molecule has 1 aromatic heterocycles. The Morgan fingerprint density at radius 2 is 1.84 bits per heavy atom. The van der Waals surface area contributed by atoms with E-state index >= 15 is 0 Å². The van der Waals surface area contributed by atoms with E-state index in [0.717, 1.165) is 36.9 Å². The van der Waals surface area contributed by atoms with Gasteiger partial charge in [0.1, 0.15) is 11.6 Å². The minimum absolute atomic E-state index is 0. The molecule has 2 aromatic carbocycles. The summed E-state index contributed by atoms with van der Waals surface area (Å²) in [5.74, 6) is -0.858. The van der Waals surface area contributed by atoms with E-state index in [2.05, 4.69) is 4.98 Å². The predicted molar refractivity (Wildman–Crippen MR) is 124 cm³/mol. The van der Waals surface area contributed by atoms with Gasteiger partial charge in [-0.05, 0) is 55.7 Å². The average Bonchev–Trinajstić information content (AvgIpc) is 3.13. The Morgan fingerprint density at radius 1 is 1.13 bits per heavy atom. The molecule has 4 rings (SSSR count). The summed E-state index contributed by atoms with van der Waals surface area (Å²) in [4.78, 5) is 16.8. The van der Waals surface area contributed by atoms with Gasteiger partial charge < -0.3 is 5.11 Å². The molecular formula is C23H22Cl2FLiN2O2. The Labute approximate surface area is 202 Å². The van der Waals surface area contributed by atoms with E-state index in [4.69, 9.17) is 23.2 Å². The summed E-state index contributed by atoms with van der Waals surface area (Å²) in [6.07, 6.45) is 5.20. The third-order valence-electron chi connectivity index (χ3n) is 5.68. The quantitative estimate of drug-likeness (QED) is 0.464. The Morgan fingerprint density at radius 3 is 2.48 bits per heavy atom. The Kier molecular flexibility index (Phi) is 7.54. The van der Waals surface area contributed by atoms with E-state index in [0.29, 0.717) is 22.1 Å². The van der Waals surface area contributed by atoms with Crippen LogP contribution in [0.25, 0.3) is 16.9 Å². The van der Waals surface area contributed by atoms with Gasteiger partial charge in [0, 0.05) is 16.5 Å². The summed E-state index contributed by atoms with van der Waals surface area (Å²) < 4.78 is 15.7. The van der Waals surface area contributed by atoms with Gasteiger partial charge in [0.15, 0.2) is 5.69 Å². The second kappa shape index (κ2) is 9.79. The van der Waals surface area contributed by atoms with Crippen LogP contribution in [0.5, 0.6) is 0 Å². The molecule has 8 heteroatoms. The number of carboxylic acid groups (broad SMARTS) is 1. The average molecular weight is 455 g/mol. The molecule has 3 aromatic rings. The second-order valence-electron chi connectivity index (χ2n) is 7.70. The van der Waals surface area contributed by atoms with Gasteiger partial charge in [0.05, 0.1) is 16.4 Å². The summed E-state index contributed by atoms with van der Waals surface area (Å²) in [6, 6.07) is 9.72. The SMILES string of the molecule is Cc1ccc(Cl)cc1-n1c(C2CCCCC2)nc(C(=O)O)c1-c1ccc(F)c(Cl)c1.[LiH]. The summed E-state index contributed by atoms with van der Waals surface area (Å²) in [6.45, 7) is 1.94. The van der Waals surface area contributed by atoms with Crippen molar-refractivity contribution < 1.29 is 14.3 Å². The van der Waals surface area contributed by atoms with Crippen LogP contribution in [-0.4, -0.2) is 39.5 Å². The van der Waals surface area contributed by atoms with Crippen molar-refractivity contribution in [2.24, 2.45) is 0 Å². The van der Waals surface area contributed by atoms with Crippen LogP contribution >= 0.6 is 23.2 Å². The monoisotopic (exact) mass is 454 g/mol. The molecule has 0 amide bonds. The van der Waals surface area contributed by atoms with E-state index in [1.165, 1.54) is 24.6 Å². The fraction of sp³-hybridized carbons (Fsp3) is 0.304. The van der Waals surface area contributed by atoms with Crippen LogP contribution in [0, 0.1) is 12.7 Å². The van der Waals surface area contributed by atoms with E-state index in [9.17, 15) is 14.3 Å². The van der Waals surface area contributed by atoms with Crippen LogP contribution in [0.3, 0.4) is 0 Å². The standard InChI is InChI=1S/C23H21Cl2FN2O2.Li.H/c1-13-7-9-16(24)12-19(13)28-21(15-8-10-18(26)17(25)11-15)20(23(29)30)27-22(28)14-5-3-2-4-6-14;;/h7-12,14H,2-6H2,1H3,(H,29,30);;. The van der Waals surface area contributed by atoms with Crippen LogP contribution < -0.4 is 0 Å². The number of carboxylic acids is 1. The van der Waals surface area contributed by atoms with Crippen LogP contribution in [-0.2, 0) is 0 Å². The summed E-state index contributed by atoms with van der Waals surface area (Å²) in [7, 11) is 0. The molecule has 1 aliphatic carbocycles. The first kappa shape index (κ1) is 23.9. The second-order valence-corrected chi connectivity index (χ2v) is 8.55. The van der Waals surface area contributed by atoms with Crippen LogP contribution in [0.2, 0.25) is 10.0 Å². The van der Waals surface area contributed by atoms with Crippen molar-refractivity contribution in [3.63, 3.8) is 0 Å². The maximum atomic E-state index is 13.8. The van der Waals surface area contributed by atoms with E-state index in [1.54, 1.807) is 6.07 Å². The Bertz CT molecular complexity index is 1130. The number of halogens is 3. The van der Waals surface area contributed by atoms with Gasteiger partial charge in [-0.2, -0.15) is 0 Å². The number of aromatic carboxylic acids is 1. The number of aryl methyl sites for hydroxylation is 1. The zero-order valence-corrected chi connectivity index (χ0v) is 18.0.